The largest absolute Gasteiger partial charge is 0.497 e. The number of methoxy groups -OCH3 is 1. The summed E-state index contributed by atoms with van der Waals surface area (Å²) in [7, 11) is 1.59. The second-order valence-corrected chi connectivity index (χ2v) is 4.36. The van der Waals surface area contributed by atoms with Gasteiger partial charge in [-0.15, -0.1) is 15.0 Å². The molecule has 1 amide bonds. The number of hydrogen-bond donors (Lipinski definition) is 1. The number of carbonyl (C=O) groups excluding carboxylic acids is 1. The van der Waals surface area contributed by atoms with Crippen LogP contribution in [0, 0.1) is 0 Å². The minimum atomic E-state index is -0.420. The smallest absolute Gasteiger partial charge is 0.293 e. The summed E-state index contributed by atoms with van der Waals surface area (Å²) in [6, 6.07) is 10.6. The average molecular weight is 299 g/mol. The van der Waals surface area contributed by atoms with Crippen LogP contribution in [-0.2, 0) is 6.54 Å². The molecule has 2 heterocycles. The van der Waals surface area contributed by atoms with Crippen molar-refractivity contribution < 1.29 is 13.9 Å². The lowest BCUT2D eigenvalue weighted by molar-refractivity contribution is 0.0937. The number of nitrogens with one attached hydrogen (secondary N) is 1. The van der Waals surface area contributed by atoms with Crippen molar-refractivity contribution in [2.24, 2.45) is 0 Å². The third-order valence-electron chi connectivity index (χ3n) is 2.92. The minimum Gasteiger partial charge on any atom is -0.497 e. The zero-order valence-corrected chi connectivity index (χ0v) is 11.8. The molecule has 8 heteroatoms. The maximum absolute atomic E-state index is 11.9. The first-order valence-electron chi connectivity index (χ1n) is 6.51. The number of nitrogens with zero attached hydrogens (tertiary/aromatic N) is 4. The van der Waals surface area contributed by atoms with E-state index in [1.807, 2.05) is 0 Å². The summed E-state index contributed by atoms with van der Waals surface area (Å²) in [6.45, 7) is 0.267. The normalized spacial score (nSPS) is 10.4. The van der Waals surface area contributed by atoms with Gasteiger partial charge in [-0.3, -0.25) is 4.79 Å². The van der Waals surface area contributed by atoms with E-state index in [2.05, 4.69) is 20.7 Å². The third kappa shape index (κ3) is 2.95. The van der Waals surface area contributed by atoms with Gasteiger partial charge in [0.25, 0.3) is 11.7 Å². The minimum absolute atomic E-state index is 0.0117. The van der Waals surface area contributed by atoms with Gasteiger partial charge in [-0.1, -0.05) is 0 Å². The van der Waals surface area contributed by atoms with E-state index in [0.717, 1.165) is 5.75 Å². The molecule has 0 spiro atoms. The van der Waals surface area contributed by atoms with Crippen molar-refractivity contribution in [1.82, 2.24) is 25.5 Å². The molecule has 0 atom stereocenters. The molecule has 0 saturated carbocycles. The van der Waals surface area contributed by atoms with Gasteiger partial charge in [0.1, 0.15) is 11.5 Å². The lowest BCUT2D eigenvalue weighted by Gasteiger charge is -2.01. The predicted molar refractivity (Wildman–Crippen MR) is 75.6 cm³/mol. The Morgan fingerprint density at radius 1 is 1.32 bits per heavy atom. The number of rotatable bonds is 5. The Labute approximate surface area is 125 Å². The molecule has 0 saturated heterocycles. The highest BCUT2D eigenvalue weighted by molar-refractivity contribution is 5.90. The van der Waals surface area contributed by atoms with E-state index in [0.29, 0.717) is 11.4 Å². The highest BCUT2D eigenvalue weighted by Crippen LogP contribution is 2.13. The van der Waals surface area contributed by atoms with Crippen LogP contribution < -0.4 is 10.1 Å². The van der Waals surface area contributed by atoms with Crippen molar-refractivity contribution in [3.05, 3.63) is 54.2 Å². The van der Waals surface area contributed by atoms with Crippen LogP contribution in [0.25, 0.3) is 5.69 Å². The van der Waals surface area contributed by atoms with E-state index >= 15 is 0 Å². The lowest BCUT2D eigenvalue weighted by atomic mass is 10.3. The maximum atomic E-state index is 11.9. The van der Waals surface area contributed by atoms with Crippen molar-refractivity contribution in [1.29, 1.82) is 0 Å². The Bertz CT molecular complexity index is 749. The molecule has 1 aromatic carbocycles. The van der Waals surface area contributed by atoms with Crippen LogP contribution in [-0.4, -0.2) is 33.2 Å². The molecular weight excluding hydrogens is 286 g/mol. The van der Waals surface area contributed by atoms with Crippen molar-refractivity contribution >= 4 is 5.91 Å². The van der Waals surface area contributed by atoms with Crippen molar-refractivity contribution in [3.63, 3.8) is 0 Å². The summed E-state index contributed by atoms with van der Waals surface area (Å²) in [5.41, 5.74) is 0.679. The number of tetrazole rings is 1. The van der Waals surface area contributed by atoms with Gasteiger partial charge in [-0.05, 0) is 41.6 Å². The quantitative estimate of drug-likeness (QED) is 0.760. The topological polar surface area (TPSA) is 95.1 Å². The van der Waals surface area contributed by atoms with Gasteiger partial charge in [-0.2, -0.15) is 0 Å². The van der Waals surface area contributed by atoms with Crippen molar-refractivity contribution in [3.8, 4) is 11.4 Å². The van der Waals surface area contributed by atoms with Gasteiger partial charge >= 0.3 is 0 Å². The first-order valence-corrected chi connectivity index (χ1v) is 6.51. The van der Waals surface area contributed by atoms with Crippen LogP contribution in [0.2, 0.25) is 0 Å². The Morgan fingerprint density at radius 3 is 2.82 bits per heavy atom. The molecule has 1 N–H and O–H groups in total. The first-order chi connectivity index (χ1) is 10.8. The summed E-state index contributed by atoms with van der Waals surface area (Å²) < 4.78 is 10.2. The number of ether oxygens (including phenoxy) is 1. The zero-order valence-electron chi connectivity index (χ0n) is 11.8. The molecule has 3 rings (SSSR count). The summed E-state index contributed by atoms with van der Waals surface area (Å²) in [4.78, 5) is 13.2. The van der Waals surface area contributed by atoms with Gasteiger partial charge in [0.2, 0.25) is 0 Å². The van der Waals surface area contributed by atoms with E-state index in [1.54, 1.807) is 49.8 Å². The fourth-order valence-corrected chi connectivity index (χ4v) is 1.79. The average Bonchev–Trinajstić information content (AvgIpc) is 3.24. The van der Waals surface area contributed by atoms with Gasteiger partial charge in [-0.25, -0.2) is 0 Å². The Kier molecular flexibility index (Phi) is 3.82. The summed E-state index contributed by atoms with van der Waals surface area (Å²) in [5.74, 6) is 0.940. The lowest BCUT2D eigenvalue weighted by Crippen LogP contribution is -2.24. The Morgan fingerprint density at radius 2 is 2.14 bits per heavy atom. The summed E-state index contributed by atoms with van der Waals surface area (Å²) in [6.07, 6.45) is 1.54. The summed E-state index contributed by atoms with van der Waals surface area (Å²) >= 11 is 0. The maximum Gasteiger partial charge on any atom is 0.293 e. The van der Waals surface area contributed by atoms with Crippen LogP contribution in [0.4, 0.5) is 0 Å². The standard InChI is InChI=1S/C14H13N5O3/c1-21-11-6-4-10(5-7-11)19-17-13(16-18-19)14(20)15-9-12-3-2-8-22-12/h2-8H,9H2,1H3,(H,15,20). The second-order valence-electron chi connectivity index (χ2n) is 4.36. The van der Waals surface area contributed by atoms with Crippen LogP contribution in [0.15, 0.2) is 47.1 Å². The molecule has 3 aromatic rings. The van der Waals surface area contributed by atoms with Gasteiger partial charge in [0.15, 0.2) is 0 Å². The molecule has 0 aliphatic carbocycles. The van der Waals surface area contributed by atoms with E-state index in [-0.39, 0.29) is 12.4 Å². The molecule has 0 aliphatic heterocycles. The predicted octanol–water partition coefficient (Wildman–Crippen LogP) is 1.19. The first kappa shape index (κ1) is 13.8. The molecule has 0 fully saturated rings. The molecule has 0 unspecified atom stereocenters. The van der Waals surface area contributed by atoms with Crippen LogP contribution in [0.1, 0.15) is 16.4 Å². The summed E-state index contributed by atoms with van der Waals surface area (Å²) in [5, 5.41) is 14.3. The third-order valence-corrected chi connectivity index (χ3v) is 2.92. The molecule has 0 radical (unpaired) electrons. The number of furan rings is 1. The molecule has 8 nitrogen and oxygen atoms in total. The van der Waals surface area contributed by atoms with E-state index in [4.69, 9.17) is 9.15 Å². The van der Waals surface area contributed by atoms with Crippen molar-refractivity contribution in [2.45, 2.75) is 6.54 Å². The fourth-order valence-electron chi connectivity index (χ4n) is 1.79. The Hall–Kier alpha value is -3.16. The van der Waals surface area contributed by atoms with E-state index < -0.39 is 5.91 Å². The number of hydrogen-bond acceptors (Lipinski definition) is 6. The van der Waals surface area contributed by atoms with Crippen LogP contribution in [0.5, 0.6) is 5.75 Å². The highest BCUT2D eigenvalue weighted by Gasteiger charge is 2.13. The second kappa shape index (κ2) is 6.08. The number of carbonyl (C=O) groups is 1. The van der Waals surface area contributed by atoms with Crippen molar-refractivity contribution in [2.75, 3.05) is 7.11 Å². The Balaban J connectivity index is 1.68. The number of amides is 1. The SMILES string of the molecule is COc1ccc(-n2nnc(C(=O)NCc3ccco3)n2)cc1. The van der Waals surface area contributed by atoms with Gasteiger partial charge in [0.05, 0.1) is 25.6 Å². The van der Waals surface area contributed by atoms with Gasteiger partial charge in [0, 0.05) is 0 Å². The monoisotopic (exact) mass is 299 g/mol. The fraction of sp³-hybridized carbons (Fsp3) is 0.143. The van der Waals surface area contributed by atoms with Gasteiger partial charge < -0.3 is 14.5 Å². The molecular formula is C14H13N5O3. The van der Waals surface area contributed by atoms with Crippen LogP contribution in [0.3, 0.4) is 0 Å². The zero-order chi connectivity index (χ0) is 15.4. The highest BCUT2D eigenvalue weighted by atomic mass is 16.5. The van der Waals surface area contributed by atoms with E-state index in [1.165, 1.54) is 4.80 Å². The number of aromatic nitrogens is 4. The molecule has 112 valence electrons. The molecule has 0 aliphatic rings. The number of benzene rings is 1. The van der Waals surface area contributed by atoms with Crippen LogP contribution >= 0.6 is 0 Å². The molecule has 0 bridgehead atoms. The van der Waals surface area contributed by atoms with E-state index in [9.17, 15) is 4.79 Å². The molecule has 22 heavy (non-hydrogen) atoms. The molecule has 2 aromatic heterocycles.